The van der Waals surface area contributed by atoms with E-state index in [1.807, 2.05) is 4.90 Å². The largest absolute Gasteiger partial charge is 0.391 e. The molecule has 2 aliphatic rings. The molecule has 1 N–H and O–H groups in total. The van der Waals surface area contributed by atoms with Crippen LogP contribution in [0.25, 0.3) is 0 Å². The van der Waals surface area contributed by atoms with E-state index in [9.17, 15) is 9.90 Å². The summed E-state index contributed by atoms with van der Waals surface area (Å²) in [7, 11) is 0. The summed E-state index contributed by atoms with van der Waals surface area (Å²) in [6.07, 6.45) is 4.53. The molecule has 1 amide bonds. The number of hydrogen-bond donors (Lipinski definition) is 1. The van der Waals surface area contributed by atoms with E-state index in [0.29, 0.717) is 13.2 Å². The van der Waals surface area contributed by atoms with E-state index in [4.69, 9.17) is 4.74 Å². The normalized spacial score (nSPS) is 34.0. The molecular formula is C13H23NO3. The number of nitrogens with zero attached hydrogens (tertiary/aromatic N) is 1. The lowest BCUT2D eigenvalue weighted by Crippen LogP contribution is -2.39. The molecule has 0 aliphatic carbocycles. The Hall–Kier alpha value is -0.610. The highest BCUT2D eigenvalue weighted by molar-refractivity contribution is 5.79. The molecule has 17 heavy (non-hydrogen) atoms. The fraction of sp³-hybridized carbons (Fsp3) is 0.923. The molecule has 2 unspecified atom stereocenters. The number of β-amino-alcohol motifs (C(OH)–C–C–N with tert-alkyl or cyclic N) is 1. The zero-order valence-corrected chi connectivity index (χ0v) is 10.6. The minimum atomic E-state index is -0.315. The smallest absolute Gasteiger partial charge is 0.225 e. The van der Waals surface area contributed by atoms with Gasteiger partial charge in [-0.3, -0.25) is 4.79 Å². The molecule has 0 aromatic carbocycles. The molecule has 3 atom stereocenters. The summed E-state index contributed by atoms with van der Waals surface area (Å²) < 4.78 is 5.66. The second-order valence-electron chi connectivity index (χ2n) is 5.23. The van der Waals surface area contributed by atoms with Crippen LogP contribution in [0.2, 0.25) is 0 Å². The number of carbonyl (C=O) groups is 1. The molecule has 2 heterocycles. The van der Waals surface area contributed by atoms with E-state index >= 15 is 0 Å². The molecule has 2 saturated heterocycles. The summed E-state index contributed by atoms with van der Waals surface area (Å²) in [6.45, 7) is 4.09. The lowest BCUT2D eigenvalue weighted by molar-refractivity contribution is -0.140. The van der Waals surface area contributed by atoms with Gasteiger partial charge in [0.25, 0.3) is 0 Å². The molecule has 4 nitrogen and oxygen atoms in total. The Morgan fingerprint density at radius 2 is 2.29 bits per heavy atom. The van der Waals surface area contributed by atoms with E-state index < -0.39 is 0 Å². The zero-order chi connectivity index (χ0) is 12.3. The van der Waals surface area contributed by atoms with Crippen LogP contribution in [0.5, 0.6) is 0 Å². The van der Waals surface area contributed by atoms with Gasteiger partial charge >= 0.3 is 0 Å². The Balaban J connectivity index is 1.86. The van der Waals surface area contributed by atoms with Crippen molar-refractivity contribution in [2.75, 3.05) is 19.7 Å². The summed E-state index contributed by atoms with van der Waals surface area (Å²) in [4.78, 5) is 14.1. The first kappa shape index (κ1) is 12.8. The van der Waals surface area contributed by atoms with Gasteiger partial charge in [-0.25, -0.2) is 0 Å². The predicted octanol–water partition coefficient (Wildman–Crippen LogP) is 1.17. The van der Waals surface area contributed by atoms with Crippen molar-refractivity contribution in [2.24, 2.45) is 5.92 Å². The second kappa shape index (κ2) is 5.83. The van der Waals surface area contributed by atoms with Crippen molar-refractivity contribution in [1.82, 2.24) is 4.90 Å². The monoisotopic (exact) mass is 241 g/mol. The second-order valence-corrected chi connectivity index (χ2v) is 5.23. The molecule has 4 heteroatoms. The third kappa shape index (κ3) is 3.19. The van der Waals surface area contributed by atoms with E-state index in [1.54, 1.807) is 0 Å². The fourth-order valence-corrected chi connectivity index (χ4v) is 2.83. The average molecular weight is 241 g/mol. The zero-order valence-electron chi connectivity index (χ0n) is 10.6. The van der Waals surface area contributed by atoms with Gasteiger partial charge in [-0.2, -0.15) is 0 Å². The molecule has 0 radical (unpaired) electrons. The first-order chi connectivity index (χ1) is 8.20. The topological polar surface area (TPSA) is 49.8 Å². The number of aliphatic hydroxyl groups is 1. The highest BCUT2D eigenvalue weighted by atomic mass is 16.5. The molecule has 0 aromatic rings. The molecule has 0 saturated carbocycles. The van der Waals surface area contributed by atoms with Crippen LogP contribution in [-0.4, -0.2) is 47.8 Å². The molecule has 98 valence electrons. The summed E-state index contributed by atoms with van der Waals surface area (Å²) in [5, 5.41) is 9.46. The van der Waals surface area contributed by atoms with Crippen molar-refractivity contribution >= 4 is 5.91 Å². The minimum absolute atomic E-state index is 0.116. The quantitative estimate of drug-likeness (QED) is 0.807. The van der Waals surface area contributed by atoms with Gasteiger partial charge in [-0.05, 0) is 25.7 Å². The molecule has 2 fully saturated rings. The summed E-state index contributed by atoms with van der Waals surface area (Å²) in [6, 6.07) is 0. The number of carbonyl (C=O) groups excluding carboxylic acids is 1. The van der Waals surface area contributed by atoms with Gasteiger partial charge in [0.05, 0.1) is 12.2 Å². The van der Waals surface area contributed by atoms with Crippen molar-refractivity contribution in [3.8, 4) is 0 Å². The highest BCUT2D eigenvalue weighted by Crippen LogP contribution is 2.26. The van der Waals surface area contributed by atoms with Gasteiger partial charge in [-0.1, -0.05) is 13.3 Å². The lowest BCUT2D eigenvalue weighted by atomic mass is 9.92. The van der Waals surface area contributed by atoms with Crippen LogP contribution in [0, 0.1) is 5.92 Å². The number of likely N-dealkylation sites (tertiary alicyclic amines) is 1. The fourth-order valence-electron chi connectivity index (χ4n) is 2.83. The van der Waals surface area contributed by atoms with Gasteiger partial charge < -0.3 is 14.7 Å². The Morgan fingerprint density at radius 1 is 1.47 bits per heavy atom. The van der Waals surface area contributed by atoms with Crippen molar-refractivity contribution in [2.45, 2.75) is 51.2 Å². The summed E-state index contributed by atoms with van der Waals surface area (Å²) >= 11 is 0. The number of amides is 1. The Morgan fingerprint density at radius 3 is 2.94 bits per heavy atom. The van der Waals surface area contributed by atoms with Gasteiger partial charge in [0.15, 0.2) is 0 Å². The molecule has 2 aliphatic heterocycles. The minimum Gasteiger partial charge on any atom is -0.391 e. The first-order valence-electron chi connectivity index (χ1n) is 6.79. The summed E-state index contributed by atoms with van der Waals surface area (Å²) in [5.41, 5.74) is 0. The molecule has 2 rings (SSSR count). The molecule has 0 aromatic heterocycles. The van der Waals surface area contributed by atoms with Gasteiger partial charge in [0.2, 0.25) is 5.91 Å². The number of ether oxygens (including phenoxy) is 1. The van der Waals surface area contributed by atoms with Gasteiger partial charge in [0, 0.05) is 25.6 Å². The maximum atomic E-state index is 12.3. The lowest BCUT2D eigenvalue weighted by Gasteiger charge is -2.31. The molecular weight excluding hydrogens is 218 g/mol. The average Bonchev–Trinajstić information content (AvgIpc) is 2.76. The van der Waals surface area contributed by atoms with E-state index in [-0.39, 0.29) is 24.0 Å². The van der Waals surface area contributed by atoms with Crippen LogP contribution in [0.3, 0.4) is 0 Å². The Labute approximate surface area is 103 Å². The van der Waals surface area contributed by atoms with Gasteiger partial charge in [0.1, 0.15) is 0 Å². The van der Waals surface area contributed by atoms with Crippen LogP contribution >= 0.6 is 0 Å². The number of rotatable bonds is 3. The maximum Gasteiger partial charge on any atom is 0.225 e. The van der Waals surface area contributed by atoms with Crippen LogP contribution < -0.4 is 0 Å². The van der Waals surface area contributed by atoms with E-state index in [1.165, 1.54) is 0 Å². The van der Waals surface area contributed by atoms with Crippen LogP contribution in [0.1, 0.15) is 39.0 Å². The maximum absolute atomic E-state index is 12.3. The van der Waals surface area contributed by atoms with Crippen LogP contribution in [0.15, 0.2) is 0 Å². The molecule has 0 spiro atoms. The highest BCUT2D eigenvalue weighted by Gasteiger charge is 2.33. The first-order valence-corrected chi connectivity index (χ1v) is 6.79. The SMILES string of the molecule is CCCC1CC(C(=O)N2CC[C@@H](O)C2)CCO1. The van der Waals surface area contributed by atoms with Crippen LogP contribution in [0.4, 0.5) is 0 Å². The standard InChI is InChI=1S/C13H23NO3/c1-2-3-12-8-10(5-7-17-12)13(16)14-6-4-11(15)9-14/h10-12,15H,2-9H2,1H3/t10?,11-,12?/m1/s1. The Kier molecular flexibility index (Phi) is 4.40. The summed E-state index contributed by atoms with van der Waals surface area (Å²) in [5.74, 6) is 0.344. The predicted molar refractivity (Wildman–Crippen MR) is 64.6 cm³/mol. The van der Waals surface area contributed by atoms with Gasteiger partial charge in [-0.15, -0.1) is 0 Å². The Bertz CT molecular complexity index is 267. The van der Waals surface area contributed by atoms with Crippen molar-refractivity contribution in [1.29, 1.82) is 0 Å². The number of aliphatic hydroxyl groups excluding tert-OH is 1. The van der Waals surface area contributed by atoms with Crippen molar-refractivity contribution in [3.05, 3.63) is 0 Å². The third-order valence-corrected chi connectivity index (χ3v) is 3.80. The third-order valence-electron chi connectivity index (χ3n) is 3.80. The number of hydrogen-bond acceptors (Lipinski definition) is 3. The van der Waals surface area contributed by atoms with E-state index in [0.717, 1.165) is 38.6 Å². The van der Waals surface area contributed by atoms with Crippen molar-refractivity contribution < 1.29 is 14.6 Å². The van der Waals surface area contributed by atoms with E-state index in [2.05, 4.69) is 6.92 Å². The van der Waals surface area contributed by atoms with Crippen LogP contribution in [-0.2, 0) is 9.53 Å². The molecule has 0 bridgehead atoms. The van der Waals surface area contributed by atoms with Crippen molar-refractivity contribution in [3.63, 3.8) is 0 Å².